The molecule has 19 heavy (non-hydrogen) atoms. The maximum absolute atomic E-state index is 12.2. The van der Waals surface area contributed by atoms with Gasteiger partial charge in [0.05, 0.1) is 5.69 Å². The smallest absolute Gasteiger partial charge is 0.244 e. The van der Waals surface area contributed by atoms with Gasteiger partial charge in [-0.3, -0.25) is 4.98 Å². The Labute approximate surface area is 118 Å². The number of nitrogen functional groups attached to an aromatic ring is 1. The Balaban J connectivity index is 2.05. The number of rotatable bonds is 4. The molecular formula is C12H19N3O2S2. The largest absolute Gasteiger partial charge is 0.398 e. The molecule has 2 rings (SSSR count). The highest BCUT2D eigenvalue weighted by Crippen LogP contribution is 2.28. The first-order chi connectivity index (χ1) is 9.03. The summed E-state index contributed by atoms with van der Waals surface area (Å²) in [5.41, 5.74) is 5.93. The average Bonchev–Trinajstić information content (AvgIpc) is 2.39. The maximum Gasteiger partial charge on any atom is 0.244 e. The van der Waals surface area contributed by atoms with E-state index in [1.807, 2.05) is 11.8 Å². The summed E-state index contributed by atoms with van der Waals surface area (Å²) < 4.78 is 27.2. The molecule has 1 heterocycles. The zero-order valence-corrected chi connectivity index (χ0v) is 12.5. The highest BCUT2D eigenvalue weighted by Gasteiger charge is 2.26. The molecular weight excluding hydrogens is 282 g/mol. The second-order valence-corrected chi connectivity index (χ2v) is 7.56. The van der Waals surface area contributed by atoms with Crippen molar-refractivity contribution in [3.8, 4) is 0 Å². The molecule has 0 radical (unpaired) electrons. The number of pyridine rings is 1. The number of hydrogen-bond acceptors (Lipinski definition) is 5. The molecule has 106 valence electrons. The predicted molar refractivity (Wildman–Crippen MR) is 78.5 cm³/mol. The SMILES string of the molecule is CSC1CCC(NS(=O)(=O)c2cnccc2N)CC1. The summed E-state index contributed by atoms with van der Waals surface area (Å²) in [5, 5.41) is 0.657. The Bertz CT molecular complexity index is 526. The molecule has 0 amide bonds. The fourth-order valence-electron chi connectivity index (χ4n) is 2.31. The van der Waals surface area contributed by atoms with Crippen LogP contribution in [0.5, 0.6) is 0 Å². The van der Waals surface area contributed by atoms with Crippen molar-refractivity contribution in [2.24, 2.45) is 0 Å². The fraction of sp³-hybridized carbons (Fsp3) is 0.583. The van der Waals surface area contributed by atoms with Gasteiger partial charge in [0.1, 0.15) is 4.90 Å². The van der Waals surface area contributed by atoms with Gasteiger partial charge in [-0.05, 0) is 38.0 Å². The van der Waals surface area contributed by atoms with Crippen molar-refractivity contribution in [1.29, 1.82) is 0 Å². The van der Waals surface area contributed by atoms with Crippen LogP contribution in [0.3, 0.4) is 0 Å². The van der Waals surface area contributed by atoms with E-state index in [9.17, 15) is 8.42 Å². The van der Waals surface area contributed by atoms with Gasteiger partial charge in [-0.15, -0.1) is 0 Å². The molecule has 0 saturated heterocycles. The van der Waals surface area contributed by atoms with Gasteiger partial charge in [-0.1, -0.05) is 0 Å². The number of nitrogens with two attached hydrogens (primary N) is 1. The molecule has 1 aromatic rings. The van der Waals surface area contributed by atoms with Gasteiger partial charge in [0, 0.05) is 23.7 Å². The lowest BCUT2D eigenvalue weighted by Gasteiger charge is -2.27. The lowest BCUT2D eigenvalue weighted by Crippen LogP contribution is -2.38. The van der Waals surface area contributed by atoms with Crippen LogP contribution < -0.4 is 10.5 Å². The Kier molecular flexibility index (Phi) is 4.70. The quantitative estimate of drug-likeness (QED) is 0.882. The first-order valence-corrected chi connectivity index (χ1v) is 9.04. The molecule has 1 aromatic heterocycles. The summed E-state index contributed by atoms with van der Waals surface area (Å²) in [7, 11) is -3.56. The van der Waals surface area contributed by atoms with Gasteiger partial charge in [0.25, 0.3) is 0 Å². The van der Waals surface area contributed by atoms with Crippen molar-refractivity contribution < 1.29 is 8.42 Å². The van der Waals surface area contributed by atoms with Crippen molar-refractivity contribution in [2.75, 3.05) is 12.0 Å². The first kappa shape index (κ1) is 14.6. The normalized spacial score (nSPS) is 24.3. The van der Waals surface area contributed by atoms with Gasteiger partial charge in [-0.25, -0.2) is 13.1 Å². The topological polar surface area (TPSA) is 85.1 Å². The van der Waals surface area contributed by atoms with Crippen molar-refractivity contribution in [2.45, 2.75) is 41.9 Å². The highest BCUT2D eigenvalue weighted by atomic mass is 32.2. The standard InChI is InChI=1S/C12H19N3O2S2/c1-18-10-4-2-9(3-5-10)15-19(16,17)12-8-14-7-6-11(12)13/h6-10,15H,2-5H2,1H3,(H2,13,14). The fourth-order valence-corrected chi connectivity index (χ4v) is 4.44. The van der Waals surface area contributed by atoms with Gasteiger partial charge in [-0.2, -0.15) is 11.8 Å². The van der Waals surface area contributed by atoms with E-state index in [0.29, 0.717) is 5.25 Å². The van der Waals surface area contributed by atoms with Crippen molar-refractivity contribution in [3.63, 3.8) is 0 Å². The summed E-state index contributed by atoms with van der Waals surface area (Å²) in [4.78, 5) is 3.90. The number of sulfonamides is 1. The minimum atomic E-state index is -3.56. The molecule has 1 fully saturated rings. The lowest BCUT2D eigenvalue weighted by atomic mass is 9.96. The van der Waals surface area contributed by atoms with Crippen LogP contribution in [0.15, 0.2) is 23.4 Å². The van der Waals surface area contributed by atoms with Crippen LogP contribution in [-0.4, -0.2) is 30.9 Å². The number of nitrogens with zero attached hydrogens (tertiary/aromatic N) is 1. The van der Waals surface area contributed by atoms with Crippen LogP contribution >= 0.6 is 11.8 Å². The first-order valence-electron chi connectivity index (χ1n) is 6.27. The van der Waals surface area contributed by atoms with E-state index in [-0.39, 0.29) is 16.6 Å². The van der Waals surface area contributed by atoms with Gasteiger partial charge >= 0.3 is 0 Å². The van der Waals surface area contributed by atoms with Crippen LogP contribution in [0.2, 0.25) is 0 Å². The van der Waals surface area contributed by atoms with E-state index in [1.54, 1.807) is 0 Å². The molecule has 0 spiro atoms. The number of aromatic nitrogens is 1. The van der Waals surface area contributed by atoms with Crippen LogP contribution in [0, 0.1) is 0 Å². The molecule has 5 nitrogen and oxygen atoms in total. The Morgan fingerprint density at radius 2 is 2.05 bits per heavy atom. The highest BCUT2D eigenvalue weighted by molar-refractivity contribution is 7.99. The average molecular weight is 301 g/mol. The molecule has 1 aliphatic carbocycles. The van der Waals surface area contributed by atoms with Crippen molar-refractivity contribution >= 4 is 27.5 Å². The number of thioether (sulfide) groups is 1. The zero-order valence-electron chi connectivity index (χ0n) is 10.9. The van der Waals surface area contributed by atoms with Gasteiger partial charge < -0.3 is 5.73 Å². The van der Waals surface area contributed by atoms with Crippen LogP contribution in [0.25, 0.3) is 0 Å². The van der Waals surface area contributed by atoms with E-state index in [1.165, 1.54) is 18.5 Å². The molecule has 0 unspecified atom stereocenters. The minimum absolute atomic E-state index is 0.00741. The molecule has 0 atom stereocenters. The summed E-state index contributed by atoms with van der Waals surface area (Å²) in [6.45, 7) is 0. The molecule has 1 saturated carbocycles. The third-order valence-corrected chi connectivity index (χ3v) is 6.14. The molecule has 3 N–H and O–H groups in total. The second kappa shape index (κ2) is 6.11. The third-order valence-electron chi connectivity index (χ3n) is 3.44. The second-order valence-electron chi connectivity index (χ2n) is 4.74. The number of anilines is 1. The predicted octanol–water partition coefficient (Wildman–Crippen LogP) is 1.62. The van der Waals surface area contributed by atoms with E-state index in [4.69, 9.17) is 5.73 Å². The number of hydrogen-bond donors (Lipinski definition) is 2. The summed E-state index contributed by atoms with van der Waals surface area (Å²) in [6, 6.07) is 1.51. The minimum Gasteiger partial charge on any atom is -0.398 e. The van der Waals surface area contributed by atoms with Gasteiger partial charge in [0.15, 0.2) is 0 Å². The molecule has 7 heteroatoms. The van der Waals surface area contributed by atoms with Crippen LogP contribution in [0.1, 0.15) is 25.7 Å². The zero-order chi connectivity index (χ0) is 13.9. The summed E-state index contributed by atoms with van der Waals surface area (Å²) in [5.74, 6) is 0. The van der Waals surface area contributed by atoms with E-state index >= 15 is 0 Å². The third kappa shape index (κ3) is 3.61. The monoisotopic (exact) mass is 301 g/mol. The van der Waals surface area contributed by atoms with Gasteiger partial charge in [0.2, 0.25) is 10.0 Å². The number of nitrogens with one attached hydrogen (secondary N) is 1. The molecule has 1 aliphatic rings. The Morgan fingerprint density at radius 1 is 1.37 bits per heavy atom. The Hall–Kier alpha value is -0.790. The Morgan fingerprint density at radius 3 is 2.63 bits per heavy atom. The molecule has 0 aromatic carbocycles. The van der Waals surface area contributed by atoms with Crippen molar-refractivity contribution in [3.05, 3.63) is 18.5 Å². The summed E-state index contributed by atoms with van der Waals surface area (Å²) in [6.07, 6.45) is 8.75. The van der Waals surface area contributed by atoms with E-state index in [2.05, 4.69) is 16.0 Å². The maximum atomic E-state index is 12.2. The molecule has 0 aliphatic heterocycles. The molecule has 0 bridgehead atoms. The van der Waals surface area contributed by atoms with E-state index < -0.39 is 10.0 Å². The van der Waals surface area contributed by atoms with E-state index in [0.717, 1.165) is 25.7 Å². The summed E-state index contributed by atoms with van der Waals surface area (Å²) >= 11 is 1.86. The van der Waals surface area contributed by atoms with Crippen LogP contribution in [0.4, 0.5) is 5.69 Å². The van der Waals surface area contributed by atoms with Crippen molar-refractivity contribution in [1.82, 2.24) is 9.71 Å². The lowest BCUT2D eigenvalue weighted by molar-refractivity contribution is 0.420. The van der Waals surface area contributed by atoms with Crippen LogP contribution in [-0.2, 0) is 10.0 Å².